The maximum absolute atomic E-state index is 11.8. The Morgan fingerprint density at radius 1 is 1.00 bits per heavy atom. The molecule has 0 atom stereocenters. The molecule has 0 radical (unpaired) electrons. The highest BCUT2D eigenvalue weighted by molar-refractivity contribution is 5.98. The van der Waals surface area contributed by atoms with E-state index in [0.29, 0.717) is 38.3 Å². The van der Waals surface area contributed by atoms with E-state index in [1.807, 2.05) is 38.1 Å². The molecule has 1 aromatic carbocycles. The smallest absolute Gasteiger partial charge is 0.246 e. The number of Topliss-reactive ketones (excluding diaryl/α,β-unsaturated/α-hetero) is 3. The molecule has 0 aliphatic heterocycles. The third-order valence-corrected chi connectivity index (χ3v) is 3.97. The van der Waals surface area contributed by atoms with Crippen LogP contribution in [0.15, 0.2) is 24.3 Å². The van der Waals surface area contributed by atoms with Gasteiger partial charge in [0.1, 0.15) is 24.0 Å². The van der Waals surface area contributed by atoms with E-state index >= 15 is 0 Å². The van der Waals surface area contributed by atoms with Crippen LogP contribution < -0.4 is 5.32 Å². The normalized spacial score (nSPS) is 10.7. The molecular formula is C22H31NO5. The Hall–Kier alpha value is -2.34. The van der Waals surface area contributed by atoms with Crippen LogP contribution in [0, 0.1) is 5.92 Å². The van der Waals surface area contributed by atoms with Gasteiger partial charge < -0.3 is 10.1 Å². The van der Waals surface area contributed by atoms with Gasteiger partial charge in [0.15, 0.2) is 0 Å². The van der Waals surface area contributed by atoms with E-state index in [9.17, 15) is 19.2 Å². The fraction of sp³-hybridized carbons (Fsp3) is 0.545. The van der Waals surface area contributed by atoms with E-state index in [1.54, 1.807) is 0 Å². The summed E-state index contributed by atoms with van der Waals surface area (Å²) >= 11 is 0. The Morgan fingerprint density at radius 2 is 1.64 bits per heavy atom. The molecule has 0 aliphatic carbocycles. The van der Waals surface area contributed by atoms with Crippen molar-refractivity contribution in [2.45, 2.75) is 59.4 Å². The van der Waals surface area contributed by atoms with Crippen molar-refractivity contribution in [3.63, 3.8) is 0 Å². The van der Waals surface area contributed by atoms with E-state index in [-0.39, 0.29) is 42.7 Å². The zero-order chi connectivity index (χ0) is 20.9. The molecule has 0 fully saturated rings. The fourth-order valence-corrected chi connectivity index (χ4v) is 2.69. The van der Waals surface area contributed by atoms with E-state index < -0.39 is 0 Å². The Kier molecular flexibility index (Phi) is 11.0. The van der Waals surface area contributed by atoms with E-state index in [4.69, 9.17) is 4.74 Å². The quantitative estimate of drug-likeness (QED) is 0.390. The molecule has 0 saturated heterocycles. The Bertz CT molecular complexity index is 664. The number of amides is 1. The molecule has 6 heteroatoms. The predicted octanol–water partition coefficient (Wildman–Crippen LogP) is 2.81. The van der Waals surface area contributed by atoms with Gasteiger partial charge in [0.05, 0.1) is 6.42 Å². The number of nitrogens with one attached hydrogen (secondary N) is 1. The van der Waals surface area contributed by atoms with Crippen molar-refractivity contribution in [3.05, 3.63) is 35.4 Å². The van der Waals surface area contributed by atoms with Crippen LogP contribution in [0.3, 0.4) is 0 Å². The first-order valence-electron chi connectivity index (χ1n) is 9.71. The highest BCUT2D eigenvalue weighted by Gasteiger charge is 2.08. The van der Waals surface area contributed by atoms with Crippen molar-refractivity contribution in [2.75, 3.05) is 13.2 Å². The molecule has 0 aliphatic rings. The summed E-state index contributed by atoms with van der Waals surface area (Å²) in [5, 5.41) is 2.77. The standard InChI is InChI=1S/C22H31NO5/c1-16(2)11-20(25)5-4-10-28-15-22(27)23-14-19-8-6-18(7-9-19)13-21(26)12-17(3)24/h6-9,16H,4-5,10-15H2,1-3H3,(H,23,27). The van der Waals surface area contributed by atoms with Crippen molar-refractivity contribution >= 4 is 23.3 Å². The molecule has 1 N–H and O–H groups in total. The molecule has 154 valence electrons. The average molecular weight is 389 g/mol. The lowest BCUT2D eigenvalue weighted by Crippen LogP contribution is -2.27. The van der Waals surface area contributed by atoms with Crippen LogP contribution >= 0.6 is 0 Å². The minimum absolute atomic E-state index is 0.0317. The number of rotatable bonds is 14. The summed E-state index contributed by atoms with van der Waals surface area (Å²) in [5.41, 5.74) is 1.76. The molecular weight excluding hydrogens is 358 g/mol. The van der Waals surface area contributed by atoms with Gasteiger partial charge in [0, 0.05) is 32.4 Å². The summed E-state index contributed by atoms with van der Waals surface area (Å²) in [4.78, 5) is 46.0. The van der Waals surface area contributed by atoms with E-state index in [1.165, 1.54) is 6.92 Å². The zero-order valence-electron chi connectivity index (χ0n) is 17.1. The number of hydrogen-bond acceptors (Lipinski definition) is 5. The molecule has 1 aromatic rings. The van der Waals surface area contributed by atoms with Crippen LogP contribution in [0.2, 0.25) is 0 Å². The minimum Gasteiger partial charge on any atom is -0.372 e. The van der Waals surface area contributed by atoms with Crippen molar-refractivity contribution < 1.29 is 23.9 Å². The van der Waals surface area contributed by atoms with E-state index in [0.717, 1.165) is 11.1 Å². The Morgan fingerprint density at radius 3 is 2.25 bits per heavy atom. The lowest BCUT2D eigenvalue weighted by Gasteiger charge is -2.08. The van der Waals surface area contributed by atoms with Crippen molar-refractivity contribution in [2.24, 2.45) is 5.92 Å². The highest BCUT2D eigenvalue weighted by atomic mass is 16.5. The third kappa shape index (κ3) is 11.4. The van der Waals surface area contributed by atoms with Gasteiger partial charge in [-0.3, -0.25) is 19.2 Å². The third-order valence-electron chi connectivity index (χ3n) is 3.97. The summed E-state index contributed by atoms with van der Waals surface area (Å²) in [7, 11) is 0. The minimum atomic E-state index is -0.214. The molecule has 0 spiro atoms. The zero-order valence-corrected chi connectivity index (χ0v) is 17.1. The van der Waals surface area contributed by atoms with Crippen molar-refractivity contribution in [1.82, 2.24) is 5.32 Å². The summed E-state index contributed by atoms with van der Waals surface area (Å²) < 4.78 is 5.30. The maximum Gasteiger partial charge on any atom is 0.246 e. The second-order valence-electron chi connectivity index (χ2n) is 7.48. The van der Waals surface area contributed by atoms with Crippen molar-refractivity contribution in [1.29, 1.82) is 0 Å². The van der Waals surface area contributed by atoms with E-state index in [2.05, 4.69) is 5.32 Å². The second kappa shape index (κ2) is 12.9. The SMILES string of the molecule is CC(=O)CC(=O)Cc1ccc(CNC(=O)COCCCC(=O)CC(C)C)cc1. The number of carbonyl (C=O) groups is 4. The van der Waals surface area contributed by atoms with Crippen LogP contribution in [-0.4, -0.2) is 36.5 Å². The topological polar surface area (TPSA) is 89.5 Å². The van der Waals surface area contributed by atoms with Crippen molar-refractivity contribution in [3.8, 4) is 0 Å². The van der Waals surface area contributed by atoms with Crippen LogP contribution in [0.4, 0.5) is 0 Å². The number of ketones is 3. The first-order valence-corrected chi connectivity index (χ1v) is 9.71. The van der Waals surface area contributed by atoms with Crippen LogP contribution in [0.5, 0.6) is 0 Å². The molecule has 0 heterocycles. The number of carbonyl (C=O) groups excluding carboxylic acids is 4. The highest BCUT2D eigenvalue weighted by Crippen LogP contribution is 2.07. The molecule has 0 aromatic heterocycles. The van der Waals surface area contributed by atoms with Gasteiger partial charge in [-0.15, -0.1) is 0 Å². The average Bonchev–Trinajstić information content (AvgIpc) is 2.59. The monoisotopic (exact) mass is 389 g/mol. The predicted molar refractivity (Wildman–Crippen MR) is 107 cm³/mol. The van der Waals surface area contributed by atoms with Gasteiger partial charge in [0.25, 0.3) is 0 Å². The number of benzene rings is 1. The number of ether oxygens (including phenoxy) is 1. The molecule has 1 amide bonds. The Balaban J connectivity index is 2.20. The van der Waals surface area contributed by atoms with Crippen LogP contribution in [0.1, 0.15) is 57.6 Å². The molecule has 0 unspecified atom stereocenters. The largest absolute Gasteiger partial charge is 0.372 e. The van der Waals surface area contributed by atoms with Crippen LogP contribution in [0.25, 0.3) is 0 Å². The lowest BCUT2D eigenvalue weighted by molar-refractivity contribution is -0.127. The van der Waals surface area contributed by atoms with Gasteiger partial charge in [-0.05, 0) is 30.4 Å². The maximum atomic E-state index is 11.8. The first-order chi connectivity index (χ1) is 13.3. The Labute approximate surface area is 167 Å². The molecule has 0 bridgehead atoms. The second-order valence-corrected chi connectivity index (χ2v) is 7.48. The molecule has 6 nitrogen and oxygen atoms in total. The molecule has 1 rings (SSSR count). The summed E-state index contributed by atoms with van der Waals surface area (Å²) in [6, 6.07) is 7.34. The van der Waals surface area contributed by atoms with Gasteiger partial charge in [-0.25, -0.2) is 0 Å². The number of hydrogen-bond donors (Lipinski definition) is 1. The van der Waals surface area contributed by atoms with Gasteiger partial charge in [0.2, 0.25) is 5.91 Å². The van der Waals surface area contributed by atoms with Gasteiger partial charge >= 0.3 is 0 Å². The lowest BCUT2D eigenvalue weighted by atomic mass is 10.0. The summed E-state index contributed by atoms with van der Waals surface area (Å²) in [6.45, 7) is 6.16. The first kappa shape index (κ1) is 23.7. The van der Waals surface area contributed by atoms with Gasteiger partial charge in [-0.2, -0.15) is 0 Å². The van der Waals surface area contributed by atoms with Crippen LogP contribution in [-0.2, 0) is 36.9 Å². The van der Waals surface area contributed by atoms with Gasteiger partial charge in [-0.1, -0.05) is 38.1 Å². The summed E-state index contributed by atoms with van der Waals surface area (Å²) in [6.07, 6.45) is 1.90. The summed E-state index contributed by atoms with van der Waals surface area (Å²) in [5.74, 6) is 0.156. The fourth-order valence-electron chi connectivity index (χ4n) is 2.69. The molecule has 0 saturated carbocycles. The molecule has 28 heavy (non-hydrogen) atoms.